The Balaban J connectivity index is 1.51. The van der Waals surface area contributed by atoms with Crippen LogP contribution in [-0.2, 0) is 17.6 Å². The minimum Gasteiger partial charge on any atom is -0.616 e. The lowest BCUT2D eigenvalue weighted by atomic mass is 10.1. The predicted molar refractivity (Wildman–Crippen MR) is 137 cm³/mol. The average Bonchev–Trinajstić information content (AvgIpc) is 2.89. The van der Waals surface area contributed by atoms with E-state index >= 15 is 0 Å². The quantitative estimate of drug-likeness (QED) is 0.260. The molecule has 0 saturated carbocycles. The molecule has 1 aliphatic heterocycles. The summed E-state index contributed by atoms with van der Waals surface area (Å²) in [6.07, 6.45) is 3.23. The van der Waals surface area contributed by atoms with E-state index < -0.39 is 11.2 Å². The van der Waals surface area contributed by atoms with Gasteiger partial charge in [-0.25, -0.2) is 15.0 Å². The highest BCUT2D eigenvalue weighted by Crippen LogP contribution is 2.29. The number of aryl methyl sites for hydroxylation is 1. The Kier molecular flexibility index (Phi) is 8.61. The molecular weight excluding hydrogens is 470 g/mol. The molecule has 3 aromatic rings. The molecule has 3 N–H and O–H groups in total. The highest BCUT2D eigenvalue weighted by molar-refractivity contribution is 7.91. The monoisotopic (exact) mass is 501 g/mol. The number of aromatic nitrogens is 4. The van der Waals surface area contributed by atoms with Gasteiger partial charge in [0.2, 0.25) is 5.95 Å². The van der Waals surface area contributed by atoms with Crippen LogP contribution in [-0.4, -0.2) is 88.1 Å². The standard InChI is InChI=1S/C23H31N7O4S/c1-33-17-6-5-16(14-18(17)34-2)4-3-7-24-21-19-20(26-15-27-21)22(29-23(28-19)25-8-11-31)30-9-12-35(32)13-10-30/h5-6,14-15,31H,3-4,7-13H2,1-2H3,(H,24,26,27)(H,25,28,29). The molecule has 1 aliphatic rings. The SMILES string of the molecule is COc1ccc(CCCNc2ncnc3c(N4CC[S+]([O-])CC4)nc(NCCO)nc23)cc1OC. The molecule has 0 amide bonds. The van der Waals surface area contributed by atoms with Crippen LogP contribution in [0.5, 0.6) is 11.5 Å². The predicted octanol–water partition coefficient (Wildman–Crippen LogP) is 1.45. The van der Waals surface area contributed by atoms with Crippen LogP contribution in [0.2, 0.25) is 0 Å². The smallest absolute Gasteiger partial charge is 0.225 e. The van der Waals surface area contributed by atoms with E-state index in [0.29, 0.717) is 77.8 Å². The zero-order valence-corrected chi connectivity index (χ0v) is 20.8. The summed E-state index contributed by atoms with van der Waals surface area (Å²) in [5, 5.41) is 15.7. The minimum atomic E-state index is -0.802. The van der Waals surface area contributed by atoms with Gasteiger partial charge in [-0.1, -0.05) is 17.2 Å². The van der Waals surface area contributed by atoms with Crippen molar-refractivity contribution in [1.29, 1.82) is 0 Å². The number of methoxy groups -OCH3 is 2. The molecule has 4 rings (SSSR count). The molecule has 35 heavy (non-hydrogen) atoms. The first-order chi connectivity index (χ1) is 17.1. The number of hydrogen-bond donors (Lipinski definition) is 3. The number of aliphatic hydroxyl groups excluding tert-OH is 1. The van der Waals surface area contributed by atoms with Crippen LogP contribution in [0.4, 0.5) is 17.6 Å². The van der Waals surface area contributed by atoms with Gasteiger partial charge < -0.3 is 34.7 Å². The third-order valence-corrected chi connectivity index (χ3v) is 6.99. The van der Waals surface area contributed by atoms with Gasteiger partial charge >= 0.3 is 0 Å². The molecule has 188 valence electrons. The Morgan fingerprint density at radius 3 is 2.57 bits per heavy atom. The van der Waals surface area contributed by atoms with Gasteiger partial charge in [0.15, 0.2) is 23.1 Å². The van der Waals surface area contributed by atoms with Gasteiger partial charge in [0, 0.05) is 13.1 Å². The summed E-state index contributed by atoms with van der Waals surface area (Å²) in [7, 11) is 3.26. The lowest BCUT2D eigenvalue weighted by molar-refractivity contribution is 0.311. The number of benzene rings is 1. The highest BCUT2D eigenvalue weighted by Gasteiger charge is 2.24. The van der Waals surface area contributed by atoms with Crippen LogP contribution in [0.3, 0.4) is 0 Å². The van der Waals surface area contributed by atoms with Crippen molar-refractivity contribution < 1.29 is 19.1 Å². The molecule has 12 heteroatoms. The fourth-order valence-corrected chi connectivity index (χ4v) is 4.97. The van der Waals surface area contributed by atoms with E-state index in [4.69, 9.17) is 9.47 Å². The Labute approximate surface area is 207 Å². The second-order valence-corrected chi connectivity index (χ2v) is 9.69. The largest absolute Gasteiger partial charge is 0.616 e. The fraction of sp³-hybridized carbons (Fsp3) is 0.478. The maximum atomic E-state index is 11.8. The van der Waals surface area contributed by atoms with Crippen molar-refractivity contribution >= 4 is 39.8 Å². The summed E-state index contributed by atoms with van der Waals surface area (Å²) in [6.45, 7) is 2.25. The second-order valence-electron chi connectivity index (χ2n) is 8.00. The molecule has 3 heterocycles. The number of aliphatic hydroxyl groups is 1. The van der Waals surface area contributed by atoms with Gasteiger partial charge in [-0.2, -0.15) is 4.98 Å². The molecule has 1 aromatic carbocycles. The zero-order chi connectivity index (χ0) is 24.6. The van der Waals surface area contributed by atoms with Gasteiger partial charge in [-0.05, 0) is 30.5 Å². The molecular formula is C23H31N7O4S. The van der Waals surface area contributed by atoms with E-state index in [-0.39, 0.29) is 6.61 Å². The fourth-order valence-electron chi connectivity index (χ4n) is 3.91. The van der Waals surface area contributed by atoms with E-state index in [0.717, 1.165) is 18.4 Å². The molecule has 0 radical (unpaired) electrons. The Morgan fingerprint density at radius 1 is 1.03 bits per heavy atom. The number of ether oxygens (including phenoxy) is 2. The molecule has 0 bridgehead atoms. The summed E-state index contributed by atoms with van der Waals surface area (Å²) in [6, 6.07) is 5.93. The van der Waals surface area contributed by atoms with Gasteiger partial charge in [0.1, 0.15) is 28.9 Å². The minimum absolute atomic E-state index is 0.0357. The van der Waals surface area contributed by atoms with Crippen LogP contribution in [0.1, 0.15) is 12.0 Å². The molecule has 11 nitrogen and oxygen atoms in total. The van der Waals surface area contributed by atoms with Gasteiger partial charge in [0.05, 0.1) is 33.9 Å². The lowest BCUT2D eigenvalue weighted by Crippen LogP contribution is -2.41. The Bertz CT molecular complexity index is 1130. The van der Waals surface area contributed by atoms with Crippen LogP contribution in [0.25, 0.3) is 11.0 Å². The topological polar surface area (TPSA) is 141 Å². The molecule has 1 fully saturated rings. The van der Waals surface area contributed by atoms with Gasteiger partial charge in [-0.15, -0.1) is 0 Å². The summed E-state index contributed by atoms with van der Waals surface area (Å²) in [5.41, 5.74) is 2.40. The zero-order valence-electron chi connectivity index (χ0n) is 20.0. The van der Waals surface area contributed by atoms with E-state index in [2.05, 4.69) is 35.5 Å². The van der Waals surface area contributed by atoms with Crippen molar-refractivity contribution in [2.45, 2.75) is 12.8 Å². The van der Waals surface area contributed by atoms with E-state index in [1.54, 1.807) is 14.2 Å². The molecule has 1 saturated heterocycles. The first kappa shape index (κ1) is 25.0. The normalized spacial score (nSPS) is 14.2. The van der Waals surface area contributed by atoms with Crippen LogP contribution in [0, 0.1) is 0 Å². The maximum Gasteiger partial charge on any atom is 0.225 e. The number of fused-ring (bicyclic) bond motifs is 1. The van der Waals surface area contributed by atoms with Crippen LogP contribution in [0.15, 0.2) is 24.5 Å². The second kappa shape index (κ2) is 12.0. The maximum absolute atomic E-state index is 11.8. The summed E-state index contributed by atoms with van der Waals surface area (Å²) >= 11 is -0.802. The molecule has 0 aliphatic carbocycles. The number of nitrogens with one attached hydrogen (secondary N) is 2. The van der Waals surface area contributed by atoms with E-state index in [1.807, 2.05) is 18.2 Å². The molecule has 0 unspecified atom stereocenters. The summed E-state index contributed by atoms with van der Waals surface area (Å²) in [4.78, 5) is 20.3. The summed E-state index contributed by atoms with van der Waals surface area (Å²) < 4.78 is 22.5. The molecule has 0 atom stereocenters. The van der Waals surface area contributed by atoms with Crippen LogP contribution < -0.4 is 25.0 Å². The van der Waals surface area contributed by atoms with Crippen molar-refractivity contribution in [2.75, 3.05) is 74.0 Å². The first-order valence-electron chi connectivity index (χ1n) is 11.5. The van der Waals surface area contributed by atoms with E-state index in [9.17, 15) is 9.66 Å². The van der Waals surface area contributed by atoms with Gasteiger partial charge in [-0.3, -0.25) is 0 Å². The first-order valence-corrected chi connectivity index (χ1v) is 13.0. The van der Waals surface area contributed by atoms with Crippen molar-refractivity contribution in [3.63, 3.8) is 0 Å². The van der Waals surface area contributed by atoms with E-state index in [1.165, 1.54) is 6.33 Å². The van der Waals surface area contributed by atoms with Crippen molar-refractivity contribution in [1.82, 2.24) is 19.9 Å². The Morgan fingerprint density at radius 2 is 1.83 bits per heavy atom. The number of anilines is 3. The third-order valence-electron chi connectivity index (χ3n) is 5.72. The van der Waals surface area contributed by atoms with Crippen molar-refractivity contribution in [2.24, 2.45) is 0 Å². The molecule has 2 aromatic heterocycles. The molecule has 0 spiro atoms. The number of hydrogen-bond acceptors (Lipinski definition) is 11. The highest BCUT2D eigenvalue weighted by atomic mass is 32.2. The van der Waals surface area contributed by atoms with Crippen molar-refractivity contribution in [3.8, 4) is 11.5 Å². The average molecular weight is 502 g/mol. The third kappa shape index (κ3) is 6.13. The number of rotatable bonds is 11. The lowest BCUT2D eigenvalue weighted by Gasteiger charge is -2.29. The van der Waals surface area contributed by atoms with Gasteiger partial charge in [0.25, 0.3) is 0 Å². The van der Waals surface area contributed by atoms with Crippen LogP contribution >= 0.6 is 0 Å². The number of nitrogens with zero attached hydrogens (tertiary/aromatic N) is 5. The van der Waals surface area contributed by atoms with Crippen molar-refractivity contribution in [3.05, 3.63) is 30.1 Å². The Hall–Kier alpha value is -3.09. The summed E-state index contributed by atoms with van der Waals surface area (Å²) in [5.74, 6) is 4.32.